The maximum atomic E-state index is 11.8. The Morgan fingerprint density at radius 3 is 2.38 bits per heavy atom. The molecule has 6 heteroatoms. The molecule has 1 aromatic carbocycles. The van der Waals surface area contributed by atoms with E-state index < -0.39 is 9.84 Å². The minimum Gasteiger partial charge on any atom is -0.384 e. The summed E-state index contributed by atoms with van der Waals surface area (Å²) in [6.45, 7) is 0. The second-order valence-electron chi connectivity index (χ2n) is 3.25. The minimum absolute atomic E-state index is 0.0620. The number of sulfone groups is 1. The van der Waals surface area contributed by atoms with Crippen LogP contribution in [0.25, 0.3) is 0 Å². The van der Waals surface area contributed by atoms with Crippen molar-refractivity contribution < 1.29 is 8.42 Å². The molecule has 0 bridgehead atoms. The highest BCUT2D eigenvalue weighted by atomic mass is 32.2. The number of nitrogens with one attached hydrogen (secondary N) is 1. The van der Waals surface area contributed by atoms with Crippen LogP contribution >= 0.6 is 11.8 Å². The maximum absolute atomic E-state index is 11.8. The number of rotatable bonds is 5. The van der Waals surface area contributed by atoms with Crippen LogP contribution in [0.15, 0.2) is 29.2 Å². The predicted molar refractivity (Wildman–Crippen MR) is 67.9 cm³/mol. The molecule has 0 fully saturated rings. The van der Waals surface area contributed by atoms with Crippen LogP contribution in [-0.2, 0) is 9.84 Å². The summed E-state index contributed by atoms with van der Waals surface area (Å²) in [4.78, 5) is 0.284. The highest BCUT2D eigenvalue weighted by Gasteiger charge is 2.13. The van der Waals surface area contributed by atoms with Crippen molar-refractivity contribution in [1.82, 2.24) is 0 Å². The first-order chi connectivity index (χ1) is 7.47. The van der Waals surface area contributed by atoms with E-state index in [1.165, 1.54) is 23.9 Å². The second kappa shape index (κ2) is 5.36. The highest BCUT2D eigenvalue weighted by molar-refractivity contribution is 8.00. The number of hydrogen-bond donors (Lipinski definition) is 2. The predicted octanol–water partition coefficient (Wildman–Crippen LogP) is 1.11. The van der Waals surface area contributed by atoms with Gasteiger partial charge in [-0.05, 0) is 18.4 Å². The quantitative estimate of drug-likeness (QED) is 0.612. The Morgan fingerprint density at radius 2 is 1.94 bits per heavy atom. The molecule has 0 saturated heterocycles. The summed E-state index contributed by atoms with van der Waals surface area (Å²) in [6, 6.07) is 6.08. The van der Waals surface area contributed by atoms with Gasteiger partial charge in [0, 0.05) is 11.3 Å². The Balaban J connectivity index is 2.93. The van der Waals surface area contributed by atoms with Gasteiger partial charge in [0.25, 0.3) is 0 Å². The van der Waals surface area contributed by atoms with Gasteiger partial charge in [-0.15, -0.1) is 0 Å². The maximum Gasteiger partial charge on any atom is 0.179 e. The number of nitrogen functional groups attached to an aromatic ring is 1. The Hall–Kier alpha value is -1.01. The SMILES string of the molecule is CSCCS(=O)(=O)c1ccc(C(=N)N)cc1. The molecule has 88 valence electrons. The second-order valence-corrected chi connectivity index (χ2v) is 6.34. The largest absolute Gasteiger partial charge is 0.384 e. The summed E-state index contributed by atoms with van der Waals surface area (Å²) in [7, 11) is -3.20. The van der Waals surface area contributed by atoms with Crippen LogP contribution in [0, 0.1) is 5.41 Å². The first-order valence-corrected chi connectivity index (χ1v) is 7.68. The van der Waals surface area contributed by atoms with Gasteiger partial charge in [-0.3, -0.25) is 5.41 Å². The van der Waals surface area contributed by atoms with E-state index in [0.717, 1.165) is 0 Å². The molecular weight excluding hydrogens is 244 g/mol. The van der Waals surface area contributed by atoms with Crippen molar-refractivity contribution in [3.8, 4) is 0 Å². The zero-order valence-corrected chi connectivity index (χ0v) is 10.6. The molecule has 4 nitrogen and oxygen atoms in total. The van der Waals surface area contributed by atoms with Gasteiger partial charge in [-0.25, -0.2) is 8.42 Å². The normalized spacial score (nSPS) is 11.3. The van der Waals surface area contributed by atoms with Crippen LogP contribution in [0.3, 0.4) is 0 Å². The van der Waals surface area contributed by atoms with Crippen LogP contribution in [0.4, 0.5) is 0 Å². The lowest BCUT2D eigenvalue weighted by atomic mass is 10.2. The van der Waals surface area contributed by atoms with Gasteiger partial charge in [-0.1, -0.05) is 12.1 Å². The Morgan fingerprint density at radius 1 is 1.38 bits per heavy atom. The van der Waals surface area contributed by atoms with E-state index in [-0.39, 0.29) is 16.5 Å². The van der Waals surface area contributed by atoms with Gasteiger partial charge in [0.15, 0.2) is 9.84 Å². The molecule has 0 saturated carbocycles. The molecule has 0 aliphatic carbocycles. The van der Waals surface area contributed by atoms with Crippen LogP contribution in [0.2, 0.25) is 0 Å². The smallest absolute Gasteiger partial charge is 0.179 e. The Bertz CT molecular complexity index is 466. The van der Waals surface area contributed by atoms with Gasteiger partial charge in [0.05, 0.1) is 10.6 Å². The standard InChI is InChI=1S/C10H14N2O2S2/c1-15-6-7-16(13,14)9-4-2-8(3-5-9)10(11)12/h2-5H,6-7H2,1H3,(H3,11,12). The van der Waals surface area contributed by atoms with Crippen molar-refractivity contribution in [3.63, 3.8) is 0 Å². The molecule has 0 aromatic heterocycles. The van der Waals surface area contributed by atoms with Gasteiger partial charge >= 0.3 is 0 Å². The lowest BCUT2D eigenvalue weighted by molar-refractivity contribution is 0.597. The fraction of sp³-hybridized carbons (Fsp3) is 0.300. The summed E-state index contributed by atoms with van der Waals surface area (Å²) >= 11 is 1.50. The van der Waals surface area contributed by atoms with E-state index >= 15 is 0 Å². The monoisotopic (exact) mass is 258 g/mol. The molecule has 1 rings (SSSR count). The Kier molecular flexibility index (Phi) is 4.37. The topological polar surface area (TPSA) is 84.0 Å². The molecule has 0 heterocycles. The number of nitrogens with two attached hydrogens (primary N) is 1. The molecule has 0 unspecified atom stereocenters. The average Bonchev–Trinajstić information content (AvgIpc) is 2.26. The van der Waals surface area contributed by atoms with E-state index in [1.54, 1.807) is 12.1 Å². The third-order valence-corrected chi connectivity index (χ3v) is 4.68. The van der Waals surface area contributed by atoms with Crippen molar-refractivity contribution in [1.29, 1.82) is 5.41 Å². The van der Waals surface area contributed by atoms with Crippen molar-refractivity contribution in [2.45, 2.75) is 4.90 Å². The van der Waals surface area contributed by atoms with Crippen molar-refractivity contribution >= 4 is 27.4 Å². The first-order valence-electron chi connectivity index (χ1n) is 4.63. The van der Waals surface area contributed by atoms with Crippen LogP contribution in [0.5, 0.6) is 0 Å². The van der Waals surface area contributed by atoms with Gasteiger partial charge in [-0.2, -0.15) is 11.8 Å². The summed E-state index contributed by atoms with van der Waals surface area (Å²) in [5.41, 5.74) is 5.81. The molecule has 16 heavy (non-hydrogen) atoms. The van der Waals surface area contributed by atoms with Gasteiger partial charge < -0.3 is 5.73 Å². The van der Waals surface area contributed by atoms with Crippen molar-refractivity contribution in [2.75, 3.05) is 17.8 Å². The van der Waals surface area contributed by atoms with Gasteiger partial charge in [0.1, 0.15) is 5.84 Å². The summed E-state index contributed by atoms with van der Waals surface area (Å²) < 4.78 is 23.5. The molecule has 3 N–H and O–H groups in total. The summed E-state index contributed by atoms with van der Waals surface area (Å²) in [6.07, 6.45) is 1.87. The van der Waals surface area contributed by atoms with Crippen LogP contribution < -0.4 is 5.73 Å². The average molecular weight is 258 g/mol. The molecular formula is C10H14N2O2S2. The zero-order valence-electron chi connectivity index (χ0n) is 8.93. The van der Waals surface area contributed by atoms with E-state index in [2.05, 4.69) is 0 Å². The van der Waals surface area contributed by atoms with E-state index in [4.69, 9.17) is 11.1 Å². The molecule has 0 spiro atoms. The zero-order chi connectivity index (χ0) is 12.2. The van der Waals surface area contributed by atoms with Crippen LogP contribution in [0.1, 0.15) is 5.56 Å². The molecule has 0 radical (unpaired) electrons. The Labute approximate surface area is 99.7 Å². The molecule has 0 aliphatic heterocycles. The summed E-state index contributed by atoms with van der Waals surface area (Å²) in [5, 5.41) is 7.20. The number of thioether (sulfide) groups is 1. The van der Waals surface area contributed by atoms with E-state index in [1.807, 2.05) is 6.26 Å². The third kappa shape index (κ3) is 3.24. The van der Waals surface area contributed by atoms with E-state index in [9.17, 15) is 8.42 Å². The molecule has 0 atom stereocenters. The number of hydrogen-bond acceptors (Lipinski definition) is 4. The van der Waals surface area contributed by atoms with Crippen LogP contribution in [-0.4, -0.2) is 32.0 Å². The lowest BCUT2D eigenvalue weighted by Gasteiger charge is -2.04. The highest BCUT2D eigenvalue weighted by Crippen LogP contribution is 2.13. The number of benzene rings is 1. The minimum atomic E-state index is -3.20. The van der Waals surface area contributed by atoms with E-state index in [0.29, 0.717) is 11.3 Å². The lowest BCUT2D eigenvalue weighted by Crippen LogP contribution is -2.12. The van der Waals surface area contributed by atoms with Crippen molar-refractivity contribution in [3.05, 3.63) is 29.8 Å². The fourth-order valence-electron chi connectivity index (χ4n) is 1.15. The number of amidine groups is 1. The fourth-order valence-corrected chi connectivity index (χ4v) is 3.48. The summed E-state index contributed by atoms with van der Waals surface area (Å²) in [5.74, 6) is 0.651. The van der Waals surface area contributed by atoms with Gasteiger partial charge in [0.2, 0.25) is 0 Å². The van der Waals surface area contributed by atoms with Crippen molar-refractivity contribution in [2.24, 2.45) is 5.73 Å². The third-order valence-electron chi connectivity index (χ3n) is 2.08. The molecule has 0 amide bonds. The molecule has 0 aliphatic rings. The first kappa shape index (κ1) is 13.1. The molecule has 1 aromatic rings.